The molecule has 1 aromatic heterocycles. The molecule has 100 valence electrons. The van der Waals surface area contributed by atoms with Crippen molar-refractivity contribution < 1.29 is 9.90 Å². The smallest absolute Gasteiger partial charge is 0.335 e. The number of fused-ring (bicyclic) bond motifs is 1. The van der Waals surface area contributed by atoms with Crippen LogP contribution in [0.25, 0.3) is 11.0 Å². The van der Waals surface area contributed by atoms with Gasteiger partial charge in [-0.3, -0.25) is 0 Å². The van der Waals surface area contributed by atoms with Crippen molar-refractivity contribution in [1.82, 2.24) is 15.0 Å². The molecule has 1 aliphatic rings. The van der Waals surface area contributed by atoms with E-state index in [0.717, 1.165) is 17.5 Å². The van der Waals surface area contributed by atoms with Crippen LogP contribution < -0.4 is 0 Å². The number of nitrogens with zero attached hydrogens (tertiary/aromatic N) is 3. The monoisotopic (exact) mass is 259 g/mol. The normalized spacial score (nSPS) is 23.6. The summed E-state index contributed by atoms with van der Waals surface area (Å²) in [5, 5.41) is 17.5. The van der Waals surface area contributed by atoms with Crippen LogP contribution in [0.5, 0.6) is 0 Å². The van der Waals surface area contributed by atoms with Crippen molar-refractivity contribution in [2.45, 2.75) is 38.6 Å². The summed E-state index contributed by atoms with van der Waals surface area (Å²) in [5.74, 6) is -0.349. The van der Waals surface area contributed by atoms with Crippen LogP contribution in [-0.4, -0.2) is 26.1 Å². The number of carboxylic acid groups (broad SMARTS) is 1. The van der Waals surface area contributed by atoms with Crippen molar-refractivity contribution in [3.8, 4) is 0 Å². The first-order valence-electron chi connectivity index (χ1n) is 6.75. The van der Waals surface area contributed by atoms with E-state index >= 15 is 0 Å². The maximum Gasteiger partial charge on any atom is 0.335 e. The quantitative estimate of drug-likeness (QED) is 0.900. The lowest BCUT2D eigenvalue weighted by Crippen LogP contribution is -2.22. The van der Waals surface area contributed by atoms with Gasteiger partial charge in [-0.2, -0.15) is 0 Å². The van der Waals surface area contributed by atoms with Gasteiger partial charge in [0.25, 0.3) is 0 Å². The van der Waals surface area contributed by atoms with E-state index in [0.29, 0.717) is 17.5 Å². The Morgan fingerprint density at radius 2 is 2.16 bits per heavy atom. The van der Waals surface area contributed by atoms with Gasteiger partial charge in [-0.25, -0.2) is 9.48 Å². The molecule has 5 nitrogen and oxygen atoms in total. The van der Waals surface area contributed by atoms with E-state index in [2.05, 4.69) is 17.2 Å². The van der Waals surface area contributed by atoms with Gasteiger partial charge >= 0.3 is 5.97 Å². The number of hydrogen-bond donors (Lipinski definition) is 1. The molecule has 2 unspecified atom stereocenters. The molecule has 1 fully saturated rings. The van der Waals surface area contributed by atoms with Gasteiger partial charge in [0.2, 0.25) is 0 Å². The largest absolute Gasteiger partial charge is 0.478 e. The fourth-order valence-corrected chi connectivity index (χ4v) is 2.97. The lowest BCUT2D eigenvalue weighted by molar-refractivity contribution is 0.0697. The maximum absolute atomic E-state index is 11.1. The van der Waals surface area contributed by atoms with Crippen LogP contribution in [0, 0.1) is 5.92 Å². The summed E-state index contributed by atoms with van der Waals surface area (Å²) in [5.41, 5.74) is 1.89. The average molecular weight is 259 g/mol. The summed E-state index contributed by atoms with van der Waals surface area (Å²) in [4.78, 5) is 11.1. The first-order chi connectivity index (χ1) is 9.16. The second kappa shape index (κ2) is 4.64. The maximum atomic E-state index is 11.1. The van der Waals surface area contributed by atoms with Crippen LogP contribution in [0.1, 0.15) is 49.0 Å². The average Bonchev–Trinajstić information content (AvgIpc) is 2.82. The molecule has 0 aliphatic heterocycles. The van der Waals surface area contributed by atoms with Gasteiger partial charge in [-0.1, -0.05) is 25.0 Å². The van der Waals surface area contributed by atoms with Gasteiger partial charge < -0.3 is 5.11 Å². The number of aromatic nitrogens is 3. The topological polar surface area (TPSA) is 68.0 Å². The number of rotatable bonds is 2. The van der Waals surface area contributed by atoms with Crippen LogP contribution in [0.4, 0.5) is 0 Å². The molecule has 3 rings (SSSR count). The second-order valence-electron chi connectivity index (χ2n) is 5.37. The first kappa shape index (κ1) is 12.1. The number of benzene rings is 1. The first-order valence-corrected chi connectivity index (χ1v) is 6.75. The lowest BCUT2D eigenvalue weighted by atomic mass is 9.86. The van der Waals surface area contributed by atoms with Gasteiger partial charge in [-0.15, -0.1) is 5.10 Å². The van der Waals surface area contributed by atoms with Crippen molar-refractivity contribution >= 4 is 17.0 Å². The summed E-state index contributed by atoms with van der Waals surface area (Å²) in [6.45, 7) is 2.23. The molecule has 0 spiro atoms. The highest BCUT2D eigenvalue weighted by Crippen LogP contribution is 2.34. The number of hydrogen-bond acceptors (Lipinski definition) is 3. The highest BCUT2D eigenvalue weighted by Gasteiger charge is 2.25. The number of aromatic carboxylic acids is 1. The molecule has 0 saturated heterocycles. The standard InChI is InChI=1S/C14H17N3O2/c1-9-4-2-3-5-12(9)17-13-8-10(14(18)19)6-7-11(13)15-16-17/h6-9,12H,2-5H2,1H3,(H,18,19). The molecule has 1 heterocycles. The Bertz CT molecular complexity index is 620. The zero-order valence-electron chi connectivity index (χ0n) is 10.9. The van der Waals surface area contributed by atoms with Crippen molar-refractivity contribution in [3.63, 3.8) is 0 Å². The van der Waals surface area contributed by atoms with Gasteiger partial charge in [0.1, 0.15) is 5.52 Å². The Balaban J connectivity index is 2.07. The molecule has 1 saturated carbocycles. The van der Waals surface area contributed by atoms with Crippen molar-refractivity contribution in [3.05, 3.63) is 23.8 Å². The summed E-state index contributed by atoms with van der Waals surface area (Å²) in [7, 11) is 0. The van der Waals surface area contributed by atoms with Crippen LogP contribution >= 0.6 is 0 Å². The minimum Gasteiger partial charge on any atom is -0.478 e. The van der Waals surface area contributed by atoms with E-state index in [1.807, 2.05) is 4.68 Å². The molecule has 5 heteroatoms. The highest BCUT2D eigenvalue weighted by atomic mass is 16.4. The van der Waals surface area contributed by atoms with Crippen molar-refractivity contribution in [1.29, 1.82) is 0 Å². The van der Waals surface area contributed by atoms with E-state index in [4.69, 9.17) is 5.11 Å². The van der Waals surface area contributed by atoms with E-state index in [9.17, 15) is 4.79 Å². The summed E-state index contributed by atoms with van der Waals surface area (Å²) in [6.07, 6.45) is 4.77. The summed E-state index contributed by atoms with van der Waals surface area (Å²) in [6, 6.07) is 5.32. The predicted octanol–water partition coefficient (Wildman–Crippen LogP) is 2.88. The Morgan fingerprint density at radius 3 is 2.89 bits per heavy atom. The number of carbonyl (C=O) groups is 1. The lowest BCUT2D eigenvalue weighted by Gasteiger charge is -2.28. The van der Waals surface area contributed by atoms with Gasteiger partial charge in [0.15, 0.2) is 0 Å². The number of carboxylic acids is 1. The minimum atomic E-state index is -0.911. The highest BCUT2D eigenvalue weighted by molar-refractivity contribution is 5.92. The molecule has 0 amide bonds. The molecule has 19 heavy (non-hydrogen) atoms. The molecule has 1 aromatic carbocycles. The molecule has 2 atom stereocenters. The molecule has 1 aliphatic carbocycles. The zero-order chi connectivity index (χ0) is 13.4. The summed E-state index contributed by atoms with van der Waals surface area (Å²) < 4.78 is 1.92. The molecular weight excluding hydrogens is 242 g/mol. The molecular formula is C14H17N3O2. The fourth-order valence-electron chi connectivity index (χ4n) is 2.97. The van der Waals surface area contributed by atoms with E-state index < -0.39 is 5.97 Å². The van der Waals surface area contributed by atoms with Crippen LogP contribution in [0.2, 0.25) is 0 Å². The van der Waals surface area contributed by atoms with Gasteiger partial charge in [-0.05, 0) is 37.0 Å². The molecule has 0 radical (unpaired) electrons. The van der Waals surface area contributed by atoms with E-state index in [1.165, 1.54) is 19.3 Å². The minimum absolute atomic E-state index is 0.291. The van der Waals surface area contributed by atoms with Gasteiger partial charge in [0.05, 0.1) is 17.1 Å². The van der Waals surface area contributed by atoms with E-state index in [1.54, 1.807) is 18.2 Å². The SMILES string of the molecule is CC1CCCCC1n1nnc2ccc(C(=O)O)cc21. The third-order valence-corrected chi connectivity index (χ3v) is 4.10. The van der Waals surface area contributed by atoms with E-state index in [-0.39, 0.29) is 0 Å². The Morgan fingerprint density at radius 1 is 1.37 bits per heavy atom. The van der Waals surface area contributed by atoms with Gasteiger partial charge in [0, 0.05) is 0 Å². The third kappa shape index (κ3) is 2.09. The van der Waals surface area contributed by atoms with Crippen LogP contribution in [-0.2, 0) is 0 Å². The Hall–Kier alpha value is -1.91. The summed E-state index contributed by atoms with van der Waals surface area (Å²) >= 11 is 0. The third-order valence-electron chi connectivity index (χ3n) is 4.10. The second-order valence-corrected chi connectivity index (χ2v) is 5.37. The van der Waals surface area contributed by atoms with Crippen molar-refractivity contribution in [2.75, 3.05) is 0 Å². The van der Waals surface area contributed by atoms with Crippen LogP contribution in [0.15, 0.2) is 18.2 Å². The Kier molecular flexibility index (Phi) is 2.97. The predicted molar refractivity (Wildman–Crippen MR) is 71.2 cm³/mol. The molecule has 0 bridgehead atoms. The fraction of sp³-hybridized carbons (Fsp3) is 0.500. The molecule has 1 N–H and O–H groups in total. The van der Waals surface area contributed by atoms with Crippen LogP contribution in [0.3, 0.4) is 0 Å². The molecule has 2 aromatic rings. The zero-order valence-corrected chi connectivity index (χ0v) is 10.9. The Labute approximate surface area is 111 Å². The van der Waals surface area contributed by atoms with Crippen molar-refractivity contribution in [2.24, 2.45) is 5.92 Å².